The molecule has 3 N–H and O–H groups in total. The third kappa shape index (κ3) is 5.07. The van der Waals surface area contributed by atoms with Crippen molar-refractivity contribution >= 4 is 22.9 Å². The molecule has 166 valence electrons. The first-order valence-corrected chi connectivity index (χ1v) is 11.3. The van der Waals surface area contributed by atoms with Gasteiger partial charge < -0.3 is 20.4 Å². The molecule has 3 heterocycles. The number of imidazole rings is 1. The molecule has 8 nitrogen and oxygen atoms in total. The van der Waals surface area contributed by atoms with Crippen LogP contribution in [0.3, 0.4) is 0 Å². The summed E-state index contributed by atoms with van der Waals surface area (Å²) in [6, 6.07) is 6.53. The molecule has 1 aliphatic heterocycles. The first kappa shape index (κ1) is 21.4. The summed E-state index contributed by atoms with van der Waals surface area (Å²) in [5, 5.41) is 3.40. The van der Waals surface area contributed by atoms with Crippen LogP contribution >= 0.6 is 0 Å². The van der Waals surface area contributed by atoms with E-state index in [1.54, 1.807) is 13.4 Å². The Morgan fingerprint density at radius 2 is 1.97 bits per heavy atom. The van der Waals surface area contributed by atoms with Crippen molar-refractivity contribution in [1.29, 1.82) is 0 Å². The summed E-state index contributed by atoms with van der Waals surface area (Å²) in [4.78, 5) is 15.7. The predicted octanol–water partition coefficient (Wildman–Crippen LogP) is 3.66. The Kier molecular flexibility index (Phi) is 6.86. The zero-order valence-electron chi connectivity index (χ0n) is 18.6. The van der Waals surface area contributed by atoms with Crippen molar-refractivity contribution in [2.75, 3.05) is 37.8 Å². The number of anilines is 2. The number of piperidine rings is 1. The lowest BCUT2D eigenvalue weighted by molar-refractivity contribution is 0.220. The molecule has 1 aromatic carbocycles. The number of unbranched alkanes of at least 4 members (excludes halogenated alkanes) is 1. The fourth-order valence-electron chi connectivity index (χ4n) is 4.20. The quantitative estimate of drug-likeness (QED) is 0.507. The Labute approximate surface area is 183 Å². The summed E-state index contributed by atoms with van der Waals surface area (Å²) in [5.74, 6) is 1.86. The van der Waals surface area contributed by atoms with E-state index in [4.69, 9.17) is 10.5 Å². The number of methoxy groups -OCH3 is 1. The highest BCUT2D eigenvalue weighted by molar-refractivity contribution is 5.84. The van der Waals surface area contributed by atoms with E-state index in [0.29, 0.717) is 12.2 Å². The van der Waals surface area contributed by atoms with Crippen LogP contribution in [0, 0.1) is 0 Å². The van der Waals surface area contributed by atoms with E-state index in [0.717, 1.165) is 48.6 Å². The van der Waals surface area contributed by atoms with E-state index < -0.39 is 0 Å². The van der Waals surface area contributed by atoms with Crippen molar-refractivity contribution in [3.05, 3.63) is 35.7 Å². The van der Waals surface area contributed by atoms with Gasteiger partial charge in [0, 0.05) is 18.7 Å². The van der Waals surface area contributed by atoms with Crippen molar-refractivity contribution in [3.63, 3.8) is 0 Å². The number of aromatic nitrogens is 4. The second-order valence-corrected chi connectivity index (χ2v) is 8.24. The summed E-state index contributed by atoms with van der Waals surface area (Å²) in [6.45, 7) is 6.96. The number of fused-ring (bicyclic) bond motifs is 1. The van der Waals surface area contributed by atoms with Gasteiger partial charge in [-0.05, 0) is 44.0 Å². The number of nitrogens with zero attached hydrogens (tertiary/aromatic N) is 5. The zero-order chi connectivity index (χ0) is 21.6. The first-order chi connectivity index (χ1) is 15.2. The van der Waals surface area contributed by atoms with Crippen molar-refractivity contribution in [1.82, 2.24) is 24.4 Å². The van der Waals surface area contributed by atoms with Crippen LogP contribution in [-0.4, -0.2) is 51.2 Å². The van der Waals surface area contributed by atoms with Gasteiger partial charge >= 0.3 is 0 Å². The fraction of sp³-hybridized carbons (Fsp3) is 0.522. The van der Waals surface area contributed by atoms with E-state index in [9.17, 15) is 0 Å². The van der Waals surface area contributed by atoms with Gasteiger partial charge in [-0.25, -0.2) is 4.98 Å². The highest BCUT2D eigenvalue weighted by Gasteiger charge is 2.16. The van der Waals surface area contributed by atoms with Gasteiger partial charge in [0.1, 0.15) is 11.3 Å². The van der Waals surface area contributed by atoms with Gasteiger partial charge in [0.2, 0.25) is 5.95 Å². The average Bonchev–Trinajstić information content (AvgIpc) is 3.18. The number of hydrogen-bond acceptors (Lipinski definition) is 7. The van der Waals surface area contributed by atoms with Crippen molar-refractivity contribution < 1.29 is 4.74 Å². The predicted molar refractivity (Wildman–Crippen MR) is 124 cm³/mol. The summed E-state index contributed by atoms with van der Waals surface area (Å²) >= 11 is 0. The summed E-state index contributed by atoms with van der Waals surface area (Å²) in [7, 11) is 1.73. The molecule has 31 heavy (non-hydrogen) atoms. The van der Waals surface area contributed by atoms with Crippen LogP contribution in [0.2, 0.25) is 0 Å². The summed E-state index contributed by atoms with van der Waals surface area (Å²) in [6.07, 6.45) is 7.91. The molecule has 8 heteroatoms. The van der Waals surface area contributed by atoms with Crippen LogP contribution < -0.4 is 15.8 Å². The molecule has 3 aromatic rings. The lowest BCUT2D eigenvalue weighted by atomic mass is 10.1. The van der Waals surface area contributed by atoms with E-state index in [-0.39, 0.29) is 5.95 Å². The van der Waals surface area contributed by atoms with Gasteiger partial charge in [0.15, 0.2) is 11.5 Å². The lowest BCUT2D eigenvalue weighted by Gasteiger charge is -2.26. The summed E-state index contributed by atoms with van der Waals surface area (Å²) < 4.78 is 7.81. The van der Waals surface area contributed by atoms with E-state index in [1.807, 2.05) is 0 Å². The number of nitrogens with one attached hydrogen (secondary N) is 1. The zero-order valence-corrected chi connectivity index (χ0v) is 18.6. The van der Waals surface area contributed by atoms with Gasteiger partial charge in [-0.1, -0.05) is 31.9 Å². The van der Waals surface area contributed by atoms with Crippen LogP contribution in [0.5, 0.6) is 5.75 Å². The molecule has 0 amide bonds. The molecular weight excluding hydrogens is 390 g/mol. The molecule has 1 saturated heterocycles. The molecule has 0 spiro atoms. The molecule has 1 aliphatic rings. The standard InChI is InChI=1S/C23H33N7O/c1-3-4-10-25-21-20-22(28-23(24)27-21)26-16-30(20)15-18-9-8-17(13-19(18)31-2)14-29-11-6-5-7-12-29/h8-9,13,16H,3-7,10-12,14-15H2,1-2H3,(H3,24,25,27,28). The Hall–Kier alpha value is -2.87. The Morgan fingerprint density at radius 1 is 1.13 bits per heavy atom. The number of benzene rings is 1. The SMILES string of the molecule is CCCCNc1nc(N)nc2ncn(Cc3ccc(CN4CCCCC4)cc3OC)c12. The van der Waals surface area contributed by atoms with Crippen molar-refractivity contribution in [3.8, 4) is 5.75 Å². The molecule has 2 aromatic heterocycles. The number of likely N-dealkylation sites (tertiary alicyclic amines) is 1. The maximum atomic E-state index is 5.89. The number of rotatable bonds is 9. The Balaban J connectivity index is 1.58. The van der Waals surface area contributed by atoms with Crippen molar-refractivity contribution in [2.45, 2.75) is 52.1 Å². The summed E-state index contributed by atoms with van der Waals surface area (Å²) in [5.41, 5.74) is 9.75. The lowest BCUT2D eigenvalue weighted by Crippen LogP contribution is -2.29. The number of hydrogen-bond donors (Lipinski definition) is 2. The highest BCUT2D eigenvalue weighted by Crippen LogP contribution is 2.26. The average molecular weight is 424 g/mol. The molecule has 0 radical (unpaired) electrons. The topological polar surface area (TPSA) is 94.1 Å². The highest BCUT2D eigenvalue weighted by atomic mass is 16.5. The fourth-order valence-corrected chi connectivity index (χ4v) is 4.20. The van der Waals surface area contributed by atoms with Gasteiger partial charge in [-0.2, -0.15) is 9.97 Å². The third-order valence-corrected chi connectivity index (χ3v) is 5.86. The molecule has 0 unspecified atom stereocenters. The number of nitrogens with two attached hydrogens (primary N) is 1. The second-order valence-electron chi connectivity index (χ2n) is 8.24. The maximum Gasteiger partial charge on any atom is 0.224 e. The van der Waals surface area contributed by atoms with Gasteiger partial charge in [0.25, 0.3) is 0 Å². The van der Waals surface area contributed by atoms with Crippen LogP contribution in [0.1, 0.15) is 50.2 Å². The monoisotopic (exact) mass is 423 g/mol. The van der Waals surface area contributed by atoms with Gasteiger partial charge in [-0.15, -0.1) is 0 Å². The molecule has 0 saturated carbocycles. The molecule has 0 atom stereocenters. The molecule has 0 bridgehead atoms. The Morgan fingerprint density at radius 3 is 2.74 bits per heavy atom. The molecular formula is C23H33N7O. The van der Waals surface area contributed by atoms with Gasteiger partial charge in [0.05, 0.1) is 20.0 Å². The van der Waals surface area contributed by atoms with Gasteiger partial charge in [-0.3, -0.25) is 4.90 Å². The van der Waals surface area contributed by atoms with E-state index >= 15 is 0 Å². The third-order valence-electron chi connectivity index (χ3n) is 5.86. The number of ether oxygens (including phenoxy) is 1. The van der Waals surface area contributed by atoms with E-state index in [2.05, 4.69) is 54.9 Å². The van der Waals surface area contributed by atoms with Crippen LogP contribution in [0.15, 0.2) is 24.5 Å². The van der Waals surface area contributed by atoms with Crippen LogP contribution in [-0.2, 0) is 13.1 Å². The van der Waals surface area contributed by atoms with E-state index in [1.165, 1.54) is 37.9 Å². The minimum Gasteiger partial charge on any atom is -0.496 e. The second kappa shape index (κ2) is 9.96. The van der Waals surface area contributed by atoms with Crippen molar-refractivity contribution in [2.24, 2.45) is 0 Å². The molecule has 1 fully saturated rings. The Bertz CT molecular complexity index is 1010. The maximum absolute atomic E-state index is 5.89. The van der Waals surface area contributed by atoms with Crippen LogP contribution in [0.4, 0.5) is 11.8 Å². The normalized spacial score (nSPS) is 14.8. The smallest absolute Gasteiger partial charge is 0.224 e. The molecule has 0 aliphatic carbocycles. The first-order valence-electron chi connectivity index (χ1n) is 11.3. The van der Waals surface area contributed by atoms with Crippen LogP contribution in [0.25, 0.3) is 11.2 Å². The largest absolute Gasteiger partial charge is 0.496 e. The minimum atomic E-state index is 0.233. The number of nitrogen functional groups attached to an aromatic ring is 1. The molecule has 4 rings (SSSR count). The minimum absolute atomic E-state index is 0.233.